The van der Waals surface area contributed by atoms with Gasteiger partial charge < -0.3 is 5.73 Å². The fourth-order valence-corrected chi connectivity index (χ4v) is 2.63. The van der Waals surface area contributed by atoms with Gasteiger partial charge in [-0.2, -0.15) is 0 Å². The molecule has 1 nitrogen and oxygen atoms in total. The normalized spacial score (nSPS) is 25.9. The molecule has 1 aliphatic carbocycles. The van der Waals surface area contributed by atoms with Gasteiger partial charge in [0.05, 0.1) is 5.02 Å². The van der Waals surface area contributed by atoms with Crippen molar-refractivity contribution in [2.75, 3.05) is 0 Å². The van der Waals surface area contributed by atoms with Crippen molar-refractivity contribution >= 4 is 27.5 Å². The highest BCUT2D eigenvalue weighted by Gasteiger charge is 2.26. The lowest BCUT2D eigenvalue weighted by Gasteiger charge is -2.12. The van der Waals surface area contributed by atoms with E-state index in [0.717, 1.165) is 19.3 Å². The van der Waals surface area contributed by atoms with Crippen molar-refractivity contribution in [3.8, 4) is 0 Å². The van der Waals surface area contributed by atoms with E-state index < -0.39 is 0 Å². The van der Waals surface area contributed by atoms with E-state index in [1.54, 1.807) is 12.1 Å². The van der Waals surface area contributed by atoms with E-state index in [1.165, 1.54) is 0 Å². The van der Waals surface area contributed by atoms with Gasteiger partial charge in [0, 0.05) is 10.5 Å². The molecule has 0 amide bonds. The SMILES string of the molecule is NC1CCC(c2ccc(Br)c(Cl)c2F)C1. The van der Waals surface area contributed by atoms with E-state index in [2.05, 4.69) is 15.9 Å². The summed E-state index contributed by atoms with van der Waals surface area (Å²) in [5.41, 5.74) is 6.52. The molecule has 0 aliphatic heterocycles. The minimum absolute atomic E-state index is 0.174. The number of hydrogen-bond acceptors (Lipinski definition) is 1. The Balaban J connectivity index is 2.33. The molecule has 2 rings (SSSR count). The summed E-state index contributed by atoms with van der Waals surface area (Å²) in [6.07, 6.45) is 2.78. The van der Waals surface area contributed by atoms with Gasteiger partial charge in [-0.15, -0.1) is 0 Å². The van der Waals surface area contributed by atoms with E-state index in [9.17, 15) is 4.39 Å². The van der Waals surface area contributed by atoms with E-state index in [1.807, 2.05) is 0 Å². The summed E-state index contributed by atoms with van der Waals surface area (Å²) in [4.78, 5) is 0. The van der Waals surface area contributed by atoms with Crippen molar-refractivity contribution in [1.82, 2.24) is 0 Å². The maximum atomic E-state index is 13.8. The molecule has 0 radical (unpaired) electrons. The van der Waals surface area contributed by atoms with Crippen LogP contribution in [-0.2, 0) is 0 Å². The maximum absolute atomic E-state index is 13.8. The maximum Gasteiger partial charge on any atom is 0.146 e. The van der Waals surface area contributed by atoms with Crippen LogP contribution in [0.5, 0.6) is 0 Å². The Kier molecular flexibility index (Phi) is 3.33. The standard InChI is InChI=1S/C11H12BrClFN/c12-9-4-3-8(11(14)10(9)13)6-1-2-7(15)5-6/h3-4,6-7H,1-2,5,15H2. The quantitative estimate of drug-likeness (QED) is 0.782. The molecule has 1 fully saturated rings. The Bertz CT molecular complexity index is 383. The van der Waals surface area contributed by atoms with Crippen LogP contribution in [0.1, 0.15) is 30.7 Å². The second-order valence-corrected chi connectivity index (χ2v) is 5.27. The van der Waals surface area contributed by atoms with Crippen molar-refractivity contribution in [2.45, 2.75) is 31.2 Å². The number of halogens is 3. The molecular weight excluding hydrogens is 280 g/mol. The molecule has 0 saturated heterocycles. The average Bonchev–Trinajstić information content (AvgIpc) is 2.61. The summed E-state index contributed by atoms with van der Waals surface area (Å²) in [5.74, 6) is -0.0734. The number of nitrogens with two attached hydrogens (primary N) is 1. The van der Waals surface area contributed by atoms with Crippen LogP contribution in [0.3, 0.4) is 0 Å². The van der Waals surface area contributed by atoms with Gasteiger partial charge in [-0.1, -0.05) is 17.7 Å². The summed E-state index contributed by atoms with van der Waals surface area (Å²) in [7, 11) is 0. The van der Waals surface area contributed by atoms with E-state index in [4.69, 9.17) is 17.3 Å². The average molecular weight is 293 g/mol. The third-order valence-corrected chi connectivity index (χ3v) is 4.24. The first-order valence-electron chi connectivity index (χ1n) is 4.98. The highest BCUT2D eigenvalue weighted by atomic mass is 79.9. The van der Waals surface area contributed by atoms with Gasteiger partial charge in [0.1, 0.15) is 5.82 Å². The zero-order valence-corrected chi connectivity index (χ0v) is 10.5. The van der Waals surface area contributed by atoms with Crippen molar-refractivity contribution in [3.05, 3.63) is 33.0 Å². The molecular formula is C11H12BrClFN. The highest BCUT2D eigenvalue weighted by Crippen LogP contribution is 2.38. The topological polar surface area (TPSA) is 26.0 Å². The predicted octanol–water partition coefficient (Wildman–Crippen LogP) is 3.84. The monoisotopic (exact) mass is 291 g/mol. The smallest absolute Gasteiger partial charge is 0.146 e. The van der Waals surface area contributed by atoms with Crippen molar-refractivity contribution in [3.63, 3.8) is 0 Å². The number of hydrogen-bond donors (Lipinski definition) is 1. The van der Waals surface area contributed by atoms with Crippen LogP contribution in [-0.4, -0.2) is 6.04 Å². The predicted molar refractivity (Wildman–Crippen MR) is 63.7 cm³/mol. The molecule has 82 valence electrons. The van der Waals surface area contributed by atoms with Crippen LogP contribution in [0.2, 0.25) is 5.02 Å². The summed E-state index contributed by atoms with van der Waals surface area (Å²) >= 11 is 9.05. The first-order chi connectivity index (χ1) is 7.09. The minimum Gasteiger partial charge on any atom is -0.328 e. The molecule has 1 saturated carbocycles. The molecule has 2 N–H and O–H groups in total. The molecule has 1 aromatic rings. The van der Waals surface area contributed by atoms with Gasteiger partial charge in [-0.3, -0.25) is 0 Å². The van der Waals surface area contributed by atoms with Gasteiger partial charge in [-0.25, -0.2) is 4.39 Å². The molecule has 0 bridgehead atoms. The largest absolute Gasteiger partial charge is 0.328 e. The Labute approximate surface area is 102 Å². The lowest BCUT2D eigenvalue weighted by molar-refractivity contribution is 0.576. The zero-order valence-electron chi connectivity index (χ0n) is 8.14. The minimum atomic E-state index is -0.301. The zero-order chi connectivity index (χ0) is 11.0. The van der Waals surface area contributed by atoms with Gasteiger partial charge >= 0.3 is 0 Å². The number of benzene rings is 1. The van der Waals surface area contributed by atoms with Crippen molar-refractivity contribution in [1.29, 1.82) is 0 Å². The van der Waals surface area contributed by atoms with E-state index in [-0.39, 0.29) is 22.8 Å². The van der Waals surface area contributed by atoms with E-state index in [0.29, 0.717) is 10.0 Å². The van der Waals surface area contributed by atoms with Crippen molar-refractivity contribution < 1.29 is 4.39 Å². The van der Waals surface area contributed by atoms with Gasteiger partial charge in [0.25, 0.3) is 0 Å². The first-order valence-corrected chi connectivity index (χ1v) is 6.15. The van der Waals surface area contributed by atoms with Crippen LogP contribution in [0.4, 0.5) is 4.39 Å². The van der Waals surface area contributed by atoms with Crippen LogP contribution in [0.25, 0.3) is 0 Å². The van der Waals surface area contributed by atoms with Gasteiger partial charge in [0.2, 0.25) is 0 Å². The second-order valence-electron chi connectivity index (χ2n) is 4.03. The summed E-state index contributed by atoms with van der Waals surface area (Å²) in [6.45, 7) is 0. The molecule has 1 aliphatic rings. The third kappa shape index (κ3) is 2.19. The van der Waals surface area contributed by atoms with Crippen LogP contribution in [0, 0.1) is 5.82 Å². The van der Waals surface area contributed by atoms with Crippen LogP contribution < -0.4 is 5.73 Å². The number of rotatable bonds is 1. The molecule has 0 aromatic heterocycles. The molecule has 0 heterocycles. The molecule has 15 heavy (non-hydrogen) atoms. The fraction of sp³-hybridized carbons (Fsp3) is 0.455. The third-order valence-electron chi connectivity index (χ3n) is 2.98. The Hall–Kier alpha value is -0.120. The van der Waals surface area contributed by atoms with E-state index >= 15 is 0 Å². The van der Waals surface area contributed by atoms with Gasteiger partial charge in [-0.05, 0) is 52.7 Å². The molecule has 4 heteroatoms. The lowest BCUT2D eigenvalue weighted by atomic mass is 9.97. The second kappa shape index (κ2) is 4.40. The Morgan fingerprint density at radius 1 is 1.40 bits per heavy atom. The molecule has 2 unspecified atom stereocenters. The summed E-state index contributed by atoms with van der Waals surface area (Å²) in [6, 6.07) is 3.80. The summed E-state index contributed by atoms with van der Waals surface area (Å²) < 4.78 is 14.4. The molecule has 2 atom stereocenters. The Morgan fingerprint density at radius 3 is 2.73 bits per heavy atom. The molecule has 0 spiro atoms. The van der Waals surface area contributed by atoms with Crippen LogP contribution in [0.15, 0.2) is 16.6 Å². The van der Waals surface area contributed by atoms with Gasteiger partial charge in [0.15, 0.2) is 0 Å². The van der Waals surface area contributed by atoms with Crippen molar-refractivity contribution in [2.24, 2.45) is 5.73 Å². The highest BCUT2D eigenvalue weighted by molar-refractivity contribution is 9.10. The Morgan fingerprint density at radius 2 is 2.13 bits per heavy atom. The van der Waals surface area contributed by atoms with Crippen LogP contribution >= 0.6 is 27.5 Å². The summed E-state index contributed by atoms with van der Waals surface area (Å²) in [5, 5.41) is 0.174. The molecule has 1 aromatic carbocycles. The first kappa shape index (κ1) is 11.4. The fourth-order valence-electron chi connectivity index (χ4n) is 2.16. The lowest BCUT2D eigenvalue weighted by Crippen LogP contribution is -2.14.